The molecule has 1 saturated heterocycles. The normalized spacial score (nSPS) is 16.8. The van der Waals surface area contributed by atoms with Crippen molar-refractivity contribution in [1.29, 1.82) is 0 Å². The summed E-state index contributed by atoms with van der Waals surface area (Å²) in [4.78, 5) is 2.58. The topological polar surface area (TPSA) is 24.5 Å². The number of benzene rings is 2. The minimum absolute atomic E-state index is 0.883. The van der Waals surface area contributed by atoms with Gasteiger partial charge in [0, 0.05) is 12.1 Å². The van der Waals surface area contributed by atoms with Crippen LogP contribution in [0.25, 0.3) is 10.8 Å². The van der Waals surface area contributed by atoms with Crippen molar-refractivity contribution in [3.63, 3.8) is 0 Å². The lowest BCUT2D eigenvalue weighted by molar-refractivity contribution is 0.171. The highest BCUT2D eigenvalue weighted by molar-refractivity contribution is 5.87. The average molecular weight is 312 g/mol. The van der Waals surface area contributed by atoms with Crippen LogP contribution in [0.4, 0.5) is 0 Å². The minimum Gasteiger partial charge on any atom is -0.496 e. The lowest BCUT2D eigenvalue weighted by Crippen LogP contribution is -2.34. The zero-order valence-corrected chi connectivity index (χ0v) is 14.3. The molecule has 0 spiro atoms. The van der Waals surface area contributed by atoms with Gasteiger partial charge in [-0.2, -0.15) is 0 Å². The van der Waals surface area contributed by atoms with Gasteiger partial charge >= 0.3 is 0 Å². The third-order valence-corrected chi connectivity index (χ3v) is 5.11. The van der Waals surface area contributed by atoms with Crippen LogP contribution < -0.4 is 10.1 Å². The summed E-state index contributed by atoms with van der Waals surface area (Å²) < 4.78 is 5.63. The highest BCUT2D eigenvalue weighted by Crippen LogP contribution is 2.30. The van der Waals surface area contributed by atoms with Crippen LogP contribution in [0.3, 0.4) is 0 Å². The Morgan fingerprint density at radius 2 is 1.91 bits per heavy atom. The van der Waals surface area contributed by atoms with Gasteiger partial charge in [-0.3, -0.25) is 4.90 Å². The van der Waals surface area contributed by atoms with Gasteiger partial charge in [0.2, 0.25) is 0 Å². The maximum atomic E-state index is 5.63. The maximum Gasteiger partial charge on any atom is 0.123 e. The highest BCUT2D eigenvalue weighted by atomic mass is 16.5. The number of nitrogens with zero attached hydrogens (tertiary/aromatic N) is 1. The summed E-state index contributed by atoms with van der Waals surface area (Å²) >= 11 is 0. The van der Waals surface area contributed by atoms with Crippen LogP contribution in [-0.4, -0.2) is 38.7 Å². The number of rotatable bonds is 6. The van der Waals surface area contributed by atoms with Gasteiger partial charge in [0.05, 0.1) is 7.11 Å². The predicted molar refractivity (Wildman–Crippen MR) is 97.0 cm³/mol. The number of fused-ring (bicyclic) bond motifs is 1. The molecule has 0 aliphatic carbocycles. The Balaban J connectivity index is 1.72. The third-order valence-electron chi connectivity index (χ3n) is 5.11. The lowest BCUT2D eigenvalue weighted by atomic mass is 9.93. The molecule has 3 nitrogen and oxygen atoms in total. The maximum absolute atomic E-state index is 5.63. The summed E-state index contributed by atoms with van der Waals surface area (Å²) in [6.45, 7) is 4.52. The van der Waals surface area contributed by atoms with E-state index in [1.807, 2.05) is 7.05 Å². The molecule has 124 valence electrons. The van der Waals surface area contributed by atoms with E-state index < -0.39 is 0 Å². The number of piperidine rings is 1. The van der Waals surface area contributed by atoms with Gasteiger partial charge in [-0.15, -0.1) is 0 Å². The van der Waals surface area contributed by atoms with E-state index in [9.17, 15) is 0 Å². The fourth-order valence-electron chi connectivity index (χ4n) is 3.68. The van der Waals surface area contributed by atoms with Crippen LogP contribution in [0.15, 0.2) is 36.4 Å². The van der Waals surface area contributed by atoms with Crippen molar-refractivity contribution >= 4 is 10.8 Å². The van der Waals surface area contributed by atoms with Crippen LogP contribution in [0.5, 0.6) is 5.75 Å². The molecule has 0 bridgehead atoms. The molecule has 0 aromatic heterocycles. The van der Waals surface area contributed by atoms with Crippen LogP contribution in [0, 0.1) is 5.92 Å². The van der Waals surface area contributed by atoms with Gasteiger partial charge in [0.15, 0.2) is 0 Å². The first-order valence-electron chi connectivity index (χ1n) is 8.73. The monoisotopic (exact) mass is 312 g/mol. The Bertz CT molecular complexity index is 633. The fraction of sp³-hybridized carbons (Fsp3) is 0.500. The molecule has 1 aliphatic heterocycles. The molecule has 0 unspecified atom stereocenters. The van der Waals surface area contributed by atoms with Gasteiger partial charge in [-0.05, 0) is 68.7 Å². The summed E-state index contributed by atoms with van der Waals surface area (Å²) in [6, 6.07) is 12.9. The average Bonchev–Trinajstić information content (AvgIpc) is 2.61. The molecule has 0 amide bonds. The fourth-order valence-corrected chi connectivity index (χ4v) is 3.68. The Kier molecular flexibility index (Phi) is 5.52. The smallest absolute Gasteiger partial charge is 0.123 e. The van der Waals surface area contributed by atoms with E-state index in [2.05, 4.69) is 46.6 Å². The first-order valence-corrected chi connectivity index (χ1v) is 8.73. The third kappa shape index (κ3) is 3.85. The Hall–Kier alpha value is -1.58. The summed E-state index contributed by atoms with van der Waals surface area (Å²) in [6.07, 6.45) is 3.94. The Morgan fingerprint density at radius 3 is 2.65 bits per heavy atom. The molecule has 3 heteroatoms. The van der Waals surface area contributed by atoms with Crippen molar-refractivity contribution in [3.8, 4) is 5.75 Å². The molecule has 0 saturated carbocycles. The predicted octanol–water partition coefficient (Wildman–Crippen LogP) is 3.67. The van der Waals surface area contributed by atoms with Crippen molar-refractivity contribution in [3.05, 3.63) is 42.0 Å². The number of hydrogen-bond donors (Lipinski definition) is 1. The quantitative estimate of drug-likeness (QED) is 0.881. The highest BCUT2D eigenvalue weighted by Gasteiger charge is 2.20. The summed E-state index contributed by atoms with van der Waals surface area (Å²) in [5.74, 6) is 1.90. The standard InChI is InChI=1S/C20H28N2O/c1-21-12-9-16-10-13-22(14-11-16)15-19-18-6-4-3-5-17(18)7-8-20(19)23-2/h3-8,16,21H,9-15H2,1-2H3. The Morgan fingerprint density at radius 1 is 1.13 bits per heavy atom. The van der Waals surface area contributed by atoms with Crippen LogP contribution in [0.2, 0.25) is 0 Å². The minimum atomic E-state index is 0.883. The van der Waals surface area contributed by atoms with E-state index in [0.29, 0.717) is 0 Å². The second kappa shape index (κ2) is 7.80. The molecule has 0 radical (unpaired) electrons. The molecular weight excluding hydrogens is 284 g/mol. The number of methoxy groups -OCH3 is 1. The molecule has 3 rings (SSSR count). The van der Waals surface area contributed by atoms with E-state index in [-0.39, 0.29) is 0 Å². The number of ether oxygens (including phenoxy) is 1. The second-order valence-corrected chi connectivity index (χ2v) is 6.58. The van der Waals surface area contributed by atoms with Crippen LogP contribution in [0.1, 0.15) is 24.8 Å². The molecule has 2 aromatic carbocycles. The first kappa shape index (κ1) is 16.3. The number of nitrogens with one attached hydrogen (secondary N) is 1. The van der Waals surface area contributed by atoms with Crippen molar-refractivity contribution in [2.24, 2.45) is 5.92 Å². The summed E-state index contributed by atoms with van der Waals surface area (Å²) in [5.41, 5.74) is 1.33. The van der Waals surface area contributed by atoms with Crippen molar-refractivity contribution in [2.75, 3.05) is 33.8 Å². The molecule has 0 atom stereocenters. The molecular formula is C20H28N2O. The number of likely N-dealkylation sites (tertiary alicyclic amines) is 1. The van der Waals surface area contributed by atoms with E-state index in [1.54, 1.807) is 7.11 Å². The van der Waals surface area contributed by atoms with E-state index in [4.69, 9.17) is 4.74 Å². The van der Waals surface area contributed by atoms with Gasteiger partial charge in [0.25, 0.3) is 0 Å². The zero-order chi connectivity index (χ0) is 16.1. The van der Waals surface area contributed by atoms with Gasteiger partial charge in [-0.25, -0.2) is 0 Å². The van der Waals surface area contributed by atoms with Crippen molar-refractivity contribution < 1.29 is 4.74 Å². The Labute approximate surface area is 139 Å². The SMILES string of the molecule is CNCCC1CCN(Cc2c(OC)ccc3ccccc23)CC1. The molecule has 1 aliphatic rings. The molecule has 23 heavy (non-hydrogen) atoms. The second-order valence-electron chi connectivity index (χ2n) is 6.58. The van der Waals surface area contributed by atoms with Gasteiger partial charge in [0.1, 0.15) is 5.75 Å². The van der Waals surface area contributed by atoms with Gasteiger partial charge in [-0.1, -0.05) is 30.3 Å². The summed E-state index contributed by atoms with van der Waals surface area (Å²) in [7, 11) is 3.82. The van der Waals surface area contributed by atoms with Crippen LogP contribution >= 0.6 is 0 Å². The van der Waals surface area contributed by atoms with E-state index in [0.717, 1.165) is 24.8 Å². The molecule has 1 heterocycles. The lowest BCUT2D eigenvalue weighted by Gasteiger charge is -2.32. The van der Waals surface area contributed by atoms with Crippen LogP contribution in [-0.2, 0) is 6.54 Å². The van der Waals surface area contributed by atoms with E-state index >= 15 is 0 Å². The largest absolute Gasteiger partial charge is 0.496 e. The molecule has 2 aromatic rings. The van der Waals surface area contributed by atoms with Crippen molar-refractivity contribution in [2.45, 2.75) is 25.8 Å². The first-order chi connectivity index (χ1) is 11.3. The zero-order valence-electron chi connectivity index (χ0n) is 14.3. The van der Waals surface area contributed by atoms with Gasteiger partial charge < -0.3 is 10.1 Å². The number of hydrogen-bond acceptors (Lipinski definition) is 3. The molecule has 1 fully saturated rings. The van der Waals surface area contributed by atoms with Crippen molar-refractivity contribution in [1.82, 2.24) is 10.2 Å². The summed E-state index contributed by atoms with van der Waals surface area (Å²) in [5, 5.41) is 5.89. The van der Waals surface area contributed by atoms with E-state index in [1.165, 1.54) is 48.7 Å². The molecule has 1 N–H and O–H groups in total.